The van der Waals surface area contributed by atoms with Crippen LogP contribution in [0.25, 0.3) is 60.3 Å². The van der Waals surface area contributed by atoms with Crippen LogP contribution in [-0.4, -0.2) is 23.3 Å². The summed E-state index contributed by atoms with van der Waals surface area (Å²) in [6.45, 7) is 7.52. The molecule has 9 aromatic rings. The van der Waals surface area contributed by atoms with Crippen LogP contribution in [0.15, 0.2) is 138 Å². The number of hydrogen-bond acceptors (Lipinski definition) is 5. The molecule has 0 bridgehead atoms. The summed E-state index contributed by atoms with van der Waals surface area (Å²) < 4.78 is 15.5. The van der Waals surface area contributed by atoms with Crippen LogP contribution >= 0.6 is 0 Å². The van der Waals surface area contributed by atoms with Crippen LogP contribution in [0.1, 0.15) is 26.3 Å². The Hall–Kier alpha value is -6.27. The number of aromatic nitrogens is 2. The van der Waals surface area contributed by atoms with E-state index in [2.05, 4.69) is 170 Å². The van der Waals surface area contributed by atoms with Gasteiger partial charge in [0.25, 0.3) is 0 Å². The summed E-state index contributed by atoms with van der Waals surface area (Å²) in [5, 5.41) is 6.71. The molecule has 51 heavy (non-hydrogen) atoms. The first-order chi connectivity index (χ1) is 24.8. The number of pyridine rings is 1. The summed E-state index contributed by atoms with van der Waals surface area (Å²) in [4.78, 5) is 9.68. The predicted molar refractivity (Wildman–Crippen MR) is 210 cm³/mol. The van der Waals surface area contributed by atoms with Crippen molar-refractivity contribution in [3.8, 4) is 17.3 Å². The molecule has 6 aromatic carbocycles. The van der Waals surface area contributed by atoms with E-state index in [1.165, 1.54) is 22.3 Å². The van der Waals surface area contributed by atoms with Crippen molar-refractivity contribution in [3.63, 3.8) is 0 Å². The van der Waals surface area contributed by atoms with Crippen LogP contribution in [0.4, 0.5) is 17.1 Å². The van der Waals surface area contributed by atoms with Gasteiger partial charge < -0.3 is 19.0 Å². The van der Waals surface area contributed by atoms with Crippen LogP contribution in [-0.2, 0) is 5.41 Å². The molecular weight excluding hydrogens is 629 g/mol. The molecule has 4 heterocycles. The molecule has 6 heteroatoms. The highest BCUT2D eigenvalue weighted by Gasteiger charge is 2.26. The molecule has 0 fully saturated rings. The fourth-order valence-corrected chi connectivity index (χ4v) is 7.70. The third-order valence-corrected chi connectivity index (χ3v) is 10.3. The summed E-state index contributed by atoms with van der Waals surface area (Å²) in [6.07, 6.45) is 1.94. The van der Waals surface area contributed by atoms with E-state index in [-0.39, 0.29) is 5.41 Å². The summed E-state index contributed by atoms with van der Waals surface area (Å²) >= 11 is 0. The molecule has 1 aliphatic heterocycles. The number of benzene rings is 6. The summed E-state index contributed by atoms with van der Waals surface area (Å²) in [5.41, 5.74) is 8.45. The molecule has 0 spiro atoms. The van der Waals surface area contributed by atoms with Crippen molar-refractivity contribution in [2.45, 2.75) is 26.2 Å². The van der Waals surface area contributed by atoms with Gasteiger partial charge >= 0.3 is 0 Å². The number of hydrogen-bond donors (Lipinski definition) is 0. The van der Waals surface area contributed by atoms with Crippen molar-refractivity contribution in [2.75, 3.05) is 23.5 Å². The zero-order chi connectivity index (χ0) is 34.4. The van der Waals surface area contributed by atoms with Crippen LogP contribution in [0.2, 0.25) is 0 Å². The second kappa shape index (κ2) is 10.9. The topological polar surface area (TPSA) is 46.7 Å². The molecule has 0 N–H and O–H groups in total. The monoisotopic (exact) mass is 664 g/mol. The average Bonchev–Trinajstić information content (AvgIpc) is 3.78. The van der Waals surface area contributed by atoms with E-state index in [0.717, 1.165) is 78.8 Å². The number of fused-ring (bicyclic) bond motifs is 8. The first-order valence-electron chi connectivity index (χ1n) is 17.4. The van der Waals surface area contributed by atoms with E-state index in [1.54, 1.807) is 0 Å². The van der Waals surface area contributed by atoms with E-state index in [9.17, 15) is 0 Å². The lowest BCUT2D eigenvalue weighted by Crippen LogP contribution is -2.24. The first-order valence-corrected chi connectivity index (χ1v) is 17.4. The maximum Gasteiger partial charge on any atom is 0.141 e. The van der Waals surface area contributed by atoms with Gasteiger partial charge in [0.2, 0.25) is 0 Å². The lowest BCUT2D eigenvalue weighted by atomic mass is 9.86. The lowest BCUT2D eigenvalue weighted by Gasteiger charge is -2.25. The van der Waals surface area contributed by atoms with Crippen molar-refractivity contribution in [2.24, 2.45) is 0 Å². The predicted octanol–water partition coefficient (Wildman–Crippen LogP) is 11.9. The van der Waals surface area contributed by atoms with Gasteiger partial charge in [-0.25, -0.2) is 4.98 Å². The standard InChI is InChI=1S/C45H36N4O2/c1-45(2,3)30-21-31(48-27-47(4)39-15-9-10-16-40(39)48)23-33(22-30)50-32-17-18-35-34-13-7-8-14-38(34)49(41(35)24-32)44-25-43-37(26-46-44)36-19-28-11-5-6-12-29(28)20-42(36)51-43/h5-26H,27H2,1-4H3. The largest absolute Gasteiger partial charge is 0.457 e. The fourth-order valence-electron chi connectivity index (χ4n) is 7.70. The van der Waals surface area contributed by atoms with Gasteiger partial charge in [0.1, 0.15) is 28.5 Å². The van der Waals surface area contributed by atoms with Crippen molar-refractivity contribution in [1.29, 1.82) is 0 Å². The van der Waals surface area contributed by atoms with Gasteiger partial charge in [0, 0.05) is 58.7 Å². The first kappa shape index (κ1) is 29.6. The number of para-hydroxylation sites is 3. The quantitative estimate of drug-likeness (QED) is 0.187. The number of furan rings is 1. The summed E-state index contributed by atoms with van der Waals surface area (Å²) in [7, 11) is 2.14. The number of anilines is 3. The van der Waals surface area contributed by atoms with Crippen molar-refractivity contribution in [3.05, 3.63) is 139 Å². The van der Waals surface area contributed by atoms with Crippen LogP contribution in [0.3, 0.4) is 0 Å². The van der Waals surface area contributed by atoms with E-state index in [0.29, 0.717) is 0 Å². The molecule has 0 unspecified atom stereocenters. The molecule has 0 amide bonds. The van der Waals surface area contributed by atoms with Gasteiger partial charge in [-0.15, -0.1) is 0 Å². The van der Waals surface area contributed by atoms with Gasteiger partial charge in [-0.1, -0.05) is 75.4 Å². The SMILES string of the molecule is CN1CN(c2cc(Oc3ccc4c5ccccc5n(-c5cc6oc7cc8ccccc8cc7c6cn5)c4c3)cc(C(C)(C)C)c2)c2ccccc21. The molecular formula is C45H36N4O2. The van der Waals surface area contributed by atoms with E-state index >= 15 is 0 Å². The minimum absolute atomic E-state index is 0.0661. The average molecular weight is 665 g/mol. The highest BCUT2D eigenvalue weighted by atomic mass is 16.5. The van der Waals surface area contributed by atoms with E-state index in [4.69, 9.17) is 14.1 Å². The normalized spacial score (nSPS) is 13.3. The Labute approximate surface area is 295 Å². The van der Waals surface area contributed by atoms with Gasteiger partial charge in [-0.3, -0.25) is 4.57 Å². The Kier molecular flexibility index (Phi) is 6.31. The fraction of sp³-hybridized carbons (Fsp3) is 0.133. The maximum absolute atomic E-state index is 6.78. The molecule has 10 rings (SSSR count). The molecule has 0 saturated carbocycles. The molecule has 1 aliphatic rings. The molecule has 0 atom stereocenters. The Balaban J connectivity index is 1.10. The molecule has 6 nitrogen and oxygen atoms in total. The Bertz CT molecular complexity index is 2840. The smallest absolute Gasteiger partial charge is 0.141 e. The summed E-state index contributed by atoms with van der Waals surface area (Å²) in [5.74, 6) is 2.36. The Morgan fingerprint density at radius 2 is 1.35 bits per heavy atom. The van der Waals surface area contributed by atoms with Crippen molar-refractivity contribution >= 4 is 71.6 Å². The Morgan fingerprint density at radius 3 is 2.20 bits per heavy atom. The van der Waals surface area contributed by atoms with Gasteiger partial charge in [0.05, 0.1) is 29.1 Å². The molecule has 0 radical (unpaired) electrons. The van der Waals surface area contributed by atoms with Crippen LogP contribution in [0, 0.1) is 0 Å². The maximum atomic E-state index is 6.78. The highest BCUT2D eigenvalue weighted by Crippen LogP contribution is 2.43. The zero-order valence-electron chi connectivity index (χ0n) is 29.0. The van der Waals surface area contributed by atoms with Crippen molar-refractivity contribution < 1.29 is 9.15 Å². The Morgan fingerprint density at radius 1 is 0.627 bits per heavy atom. The van der Waals surface area contributed by atoms with Gasteiger partial charge in [-0.05, 0) is 76.3 Å². The molecule has 248 valence electrons. The van der Waals surface area contributed by atoms with Crippen LogP contribution in [0.5, 0.6) is 11.5 Å². The van der Waals surface area contributed by atoms with E-state index in [1.807, 2.05) is 6.20 Å². The highest BCUT2D eigenvalue weighted by molar-refractivity contribution is 6.11. The van der Waals surface area contributed by atoms with Gasteiger partial charge in [0.15, 0.2) is 0 Å². The van der Waals surface area contributed by atoms with E-state index < -0.39 is 0 Å². The number of nitrogens with zero attached hydrogens (tertiary/aromatic N) is 4. The second-order valence-corrected chi connectivity index (χ2v) is 14.7. The lowest BCUT2D eigenvalue weighted by molar-refractivity contribution is 0.479. The third-order valence-electron chi connectivity index (χ3n) is 10.3. The van der Waals surface area contributed by atoms with Gasteiger partial charge in [-0.2, -0.15) is 0 Å². The van der Waals surface area contributed by atoms with Crippen LogP contribution < -0.4 is 14.5 Å². The minimum atomic E-state index is -0.0661. The number of rotatable bonds is 4. The third kappa shape index (κ3) is 4.74. The molecule has 3 aromatic heterocycles. The number of ether oxygens (including phenoxy) is 1. The molecule has 0 aliphatic carbocycles. The summed E-state index contributed by atoms with van der Waals surface area (Å²) in [6, 6.07) is 44.8. The zero-order valence-corrected chi connectivity index (χ0v) is 29.0. The second-order valence-electron chi connectivity index (χ2n) is 14.7. The minimum Gasteiger partial charge on any atom is -0.457 e. The van der Waals surface area contributed by atoms with Crippen molar-refractivity contribution in [1.82, 2.24) is 9.55 Å². The molecule has 0 saturated heterocycles.